The van der Waals surface area contributed by atoms with Gasteiger partial charge in [0, 0.05) is 16.7 Å². The third-order valence-corrected chi connectivity index (χ3v) is 4.29. The number of para-hydroxylation sites is 2. The van der Waals surface area contributed by atoms with E-state index >= 15 is 0 Å². The number of esters is 1. The number of carbonyl (C=O) groups excluding carboxylic acids is 2. The number of benzene rings is 2. The van der Waals surface area contributed by atoms with Crippen molar-refractivity contribution in [1.82, 2.24) is 9.97 Å². The first-order chi connectivity index (χ1) is 14.0. The number of nitrogens with zero attached hydrogens (tertiary/aromatic N) is 2. The second-order valence-electron chi connectivity index (χ2n) is 5.68. The smallest absolute Gasteiger partial charge is 0.331 e. The van der Waals surface area contributed by atoms with E-state index in [1.54, 1.807) is 6.07 Å². The molecule has 1 heterocycles. The summed E-state index contributed by atoms with van der Waals surface area (Å²) in [6.07, 6.45) is 4.12. The number of halogens is 2. The largest absolute Gasteiger partial charge is 0.452 e. The van der Waals surface area contributed by atoms with Crippen LogP contribution >= 0.6 is 11.8 Å². The quantitative estimate of drug-likeness (QED) is 0.355. The number of alkyl halides is 2. The third-order valence-electron chi connectivity index (χ3n) is 3.57. The number of fused-ring (bicyclic) bond motifs is 1. The molecule has 1 aromatic heterocycles. The Labute approximate surface area is 169 Å². The first-order valence-electron chi connectivity index (χ1n) is 8.41. The zero-order valence-electron chi connectivity index (χ0n) is 14.9. The highest BCUT2D eigenvalue weighted by atomic mass is 32.2. The van der Waals surface area contributed by atoms with Crippen molar-refractivity contribution in [2.24, 2.45) is 0 Å². The zero-order chi connectivity index (χ0) is 20.6. The van der Waals surface area contributed by atoms with Crippen LogP contribution in [0.4, 0.5) is 14.5 Å². The van der Waals surface area contributed by atoms with E-state index in [2.05, 4.69) is 15.3 Å². The predicted molar refractivity (Wildman–Crippen MR) is 106 cm³/mol. The van der Waals surface area contributed by atoms with Crippen LogP contribution in [0.15, 0.2) is 65.7 Å². The van der Waals surface area contributed by atoms with Gasteiger partial charge in [0.2, 0.25) is 0 Å². The fourth-order valence-electron chi connectivity index (χ4n) is 2.31. The number of anilines is 1. The van der Waals surface area contributed by atoms with Gasteiger partial charge in [-0.2, -0.15) is 8.78 Å². The number of ether oxygens (including phenoxy) is 1. The van der Waals surface area contributed by atoms with Crippen LogP contribution in [-0.2, 0) is 14.3 Å². The number of aromatic nitrogens is 2. The molecule has 0 aliphatic carbocycles. The van der Waals surface area contributed by atoms with Gasteiger partial charge in [-0.3, -0.25) is 9.78 Å². The molecule has 0 unspecified atom stereocenters. The maximum Gasteiger partial charge on any atom is 0.331 e. The van der Waals surface area contributed by atoms with Crippen molar-refractivity contribution in [3.05, 3.63) is 66.5 Å². The van der Waals surface area contributed by atoms with Crippen molar-refractivity contribution in [1.29, 1.82) is 0 Å². The van der Waals surface area contributed by atoms with Crippen molar-refractivity contribution in [3.63, 3.8) is 0 Å². The van der Waals surface area contributed by atoms with E-state index in [-0.39, 0.29) is 0 Å². The lowest BCUT2D eigenvalue weighted by Crippen LogP contribution is -2.20. The molecule has 1 amide bonds. The maximum atomic E-state index is 12.3. The average molecular weight is 415 g/mol. The van der Waals surface area contributed by atoms with Gasteiger partial charge in [0.15, 0.2) is 6.61 Å². The topological polar surface area (TPSA) is 81.2 Å². The average Bonchev–Trinajstić information content (AvgIpc) is 2.71. The molecule has 0 saturated heterocycles. The van der Waals surface area contributed by atoms with Crippen LogP contribution in [-0.4, -0.2) is 34.2 Å². The Morgan fingerprint density at radius 1 is 1.10 bits per heavy atom. The maximum absolute atomic E-state index is 12.3. The summed E-state index contributed by atoms with van der Waals surface area (Å²) in [6.45, 7) is -0.486. The van der Waals surface area contributed by atoms with Gasteiger partial charge in [-0.15, -0.1) is 0 Å². The molecular weight excluding hydrogens is 400 g/mol. The highest BCUT2D eigenvalue weighted by molar-refractivity contribution is 7.99. The summed E-state index contributed by atoms with van der Waals surface area (Å²) < 4.78 is 29.4. The summed E-state index contributed by atoms with van der Waals surface area (Å²) in [4.78, 5) is 32.6. The fraction of sp³-hybridized carbons (Fsp3) is 0.100. The van der Waals surface area contributed by atoms with Gasteiger partial charge in [-0.25, -0.2) is 9.78 Å². The number of hydrogen-bond acceptors (Lipinski definition) is 6. The van der Waals surface area contributed by atoms with Gasteiger partial charge < -0.3 is 10.1 Å². The van der Waals surface area contributed by atoms with Crippen LogP contribution in [0.25, 0.3) is 17.1 Å². The Hall–Kier alpha value is -3.33. The van der Waals surface area contributed by atoms with Crippen molar-refractivity contribution in [2.45, 2.75) is 10.7 Å². The van der Waals surface area contributed by atoms with Crippen molar-refractivity contribution < 1.29 is 23.1 Å². The standard InChI is InChI=1S/C20H15F2N3O3S/c21-20(22)29-15-8-5-13(6-9-15)25-18(26)12-28-19(27)10-7-14-11-23-16-3-1-2-4-17(16)24-14/h1-11,20H,12H2,(H,25,26). The molecule has 0 saturated carbocycles. The highest BCUT2D eigenvalue weighted by Gasteiger charge is 2.08. The number of carbonyl (C=O) groups is 2. The van der Waals surface area contributed by atoms with E-state index in [1.165, 1.54) is 36.5 Å². The Bertz CT molecular complexity index is 1040. The number of thioether (sulfide) groups is 1. The van der Waals surface area contributed by atoms with Gasteiger partial charge in [-0.05, 0) is 42.5 Å². The number of rotatable bonds is 7. The Balaban J connectivity index is 1.47. The molecule has 0 radical (unpaired) electrons. The van der Waals surface area contributed by atoms with Crippen LogP contribution in [0, 0.1) is 0 Å². The molecule has 0 aliphatic rings. The molecule has 6 nitrogen and oxygen atoms in total. The molecule has 1 N–H and O–H groups in total. The fourth-order valence-corrected chi connectivity index (χ4v) is 2.81. The van der Waals surface area contributed by atoms with Gasteiger partial charge in [0.25, 0.3) is 11.7 Å². The van der Waals surface area contributed by atoms with Crippen LogP contribution in [0.5, 0.6) is 0 Å². The second-order valence-corrected chi connectivity index (χ2v) is 6.74. The van der Waals surface area contributed by atoms with Gasteiger partial charge in [-0.1, -0.05) is 23.9 Å². The highest BCUT2D eigenvalue weighted by Crippen LogP contribution is 2.26. The molecular formula is C20H15F2N3O3S. The molecule has 29 heavy (non-hydrogen) atoms. The van der Waals surface area contributed by atoms with Crippen molar-refractivity contribution in [3.8, 4) is 0 Å². The molecule has 3 rings (SSSR count). The van der Waals surface area contributed by atoms with Gasteiger partial charge in [0.05, 0.1) is 22.9 Å². The summed E-state index contributed by atoms with van der Waals surface area (Å²) in [5, 5.41) is 2.51. The summed E-state index contributed by atoms with van der Waals surface area (Å²) in [7, 11) is 0. The van der Waals surface area contributed by atoms with E-state index in [9.17, 15) is 18.4 Å². The summed E-state index contributed by atoms with van der Waals surface area (Å²) in [6, 6.07) is 13.2. The van der Waals surface area contributed by atoms with Crippen molar-refractivity contribution in [2.75, 3.05) is 11.9 Å². The van der Waals surface area contributed by atoms with E-state index in [4.69, 9.17) is 4.74 Å². The molecule has 0 spiro atoms. The van der Waals surface area contributed by atoms with E-state index < -0.39 is 24.2 Å². The van der Waals surface area contributed by atoms with Crippen LogP contribution in [0.1, 0.15) is 5.69 Å². The van der Waals surface area contributed by atoms with E-state index in [0.717, 1.165) is 11.6 Å². The minimum atomic E-state index is -2.51. The molecule has 0 atom stereocenters. The lowest BCUT2D eigenvalue weighted by Gasteiger charge is -2.06. The zero-order valence-corrected chi connectivity index (χ0v) is 15.7. The lowest BCUT2D eigenvalue weighted by molar-refractivity contribution is -0.142. The first kappa shape index (κ1) is 20.4. The Morgan fingerprint density at radius 2 is 1.83 bits per heavy atom. The molecule has 0 aliphatic heterocycles. The SMILES string of the molecule is O=C(COC(=O)C=Cc1cnc2ccccc2n1)Nc1ccc(SC(F)F)cc1. The van der Waals surface area contributed by atoms with Crippen LogP contribution in [0.2, 0.25) is 0 Å². The molecule has 148 valence electrons. The van der Waals surface area contributed by atoms with Crippen molar-refractivity contribution >= 4 is 46.4 Å². The van der Waals surface area contributed by atoms with Gasteiger partial charge in [0.1, 0.15) is 0 Å². The predicted octanol–water partition coefficient (Wildman–Crippen LogP) is 4.14. The lowest BCUT2D eigenvalue weighted by atomic mass is 10.3. The number of nitrogens with one attached hydrogen (secondary N) is 1. The van der Waals surface area contributed by atoms with E-state index in [1.807, 2.05) is 18.2 Å². The second kappa shape index (κ2) is 9.74. The van der Waals surface area contributed by atoms with E-state index in [0.29, 0.717) is 33.6 Å². The summed E-state index contributed by atoms with van der Waals surface area (Å²) >= 11 is 0.412. The minimum absolute atomic E-state index is 0.381. The number of hydrogen-bond donors (Lipinski definition) is 1. The molecule has 9 heteroatoms. The summed E-state index contributed by atoms with van der Waals surface area (Å²) in [5.74, 6) is -3.77. The summed E-state index contributed by atoms with van der Waals surface area (Å²) in [5.41, 5.74) is 2.32. The molecule has 3 aromatic rings. The third kappa shape index (κ3) is 6.35. The Kier molecular flexibility index (Phi) is 6.85. The monoisotopic (exact) mass is 415 g/mol. The number of amides is 1. The molecule has 0 fully saturated rings. The minimum Gasteiger partial charge on any atom is -0.452 e. The molecule has 0 bridgehead atoms. The van der Waals surface area contributed by atoms with Crippen LogP contribution in [0.3, 0.4) is 0 Å². The molecule has 2 aromatic carbocycles. The normalized spacial score (nSPS) is 11.1. The van der Waals surface area contributed by atoms with Crippen LogP contribution < -0.4 is 5.32 Å². The first-order valence-corrected chi connectivity index (χ1v) is 9.29. The Morgan fingerprint density at radius 3 is 2.55 bits per heavy atom. The van der Waals surface area contributed by atoms with Gasteiger partial charge >= 0.3 is 5.97 Å².